The Balaban J connectivity index is 1.82. The summed E-state index contributed by atoms with van der Waals surface area (Å²) in [7, 11) is 0. The van der Waals surface area contributed by atoms with Gasteiger partial charge in [0.2, 0.25) is 0 Å². The van der Waals surface area contributed by atoms with Crippen molar-refractivity contribution in [1.29, 1.82) is 0 Å². The van der Waals surface area contributed by atoms with Gasteiger partial charge in [0.25, 0.3) is 5.91 Å². The van der Waals surface area contributed by atoms with Gasteiger partial charge in [-0.25, -0.2) is 4.39 Å². The van der Waals surface area contributed by atoms with Crippen molar-refractivity contribution in [2.45, 2.75) is 12.8 Å². The lowest BCUT2D eigenvalue weighted by Crippen LogP contribution is -2.25. The number of benzene rings is 2. The summed E-state index contributed by atoms with van der Waals surface area (Å²) in [5.74, 6) is -0.984. The summed E-state index contributed by atoms with van der Waals surface area (Å²) in [6.07, 6.45) is 1.68. The summed E-state index contributed by atoms with van der Waals surface area (Å²) >= 11 is 0. The Morgan fingerprint density at radius 3 is 2.65 bits per heavy atom. The van der Waals surface area contributed by atoms with Crippen molar-refractivity contribution in [3.05, 3.63) is 65.5 Å². The third-order valence-electron chi connectivity index (χ3n) is 3.01. The first-order valence-electron chi connectivity index (χ1n) is 6.54. The van der Waals surface area contributed by atoms with Crippen LogP contribution in [-0.4, -0.2) is 12.5 Å². The molecule has 0 fully saturated rings. The first kappa shape index (κ1) is 14.1. The summed E-state index contributed by atoms with van der Waals surface area (Å²) in [5, 5.41) is 2.70. The molecule has 0 aliphatic carbocycles. The number of nitrogen functional groups attached to an aromatic ring is 1. The van der Waals surface area contributed by atoms with Gasteiger partial charge in [-0.1, -0.05) is 30.3 Å². The molecular formula is C16H17FN2O. The van der Waals surface area contributed by atoms with Gasteiger partial charge in [-0.3, -0.25) is 4.79 Å². The molecule has 0 saturated heterocycles. The smallest absolute Gasteiger partial charge is 0.254 e. The SMILES string of the molecule is Nc1ccc(F)c(C(=O)NCCCc2ccccc2)c1. The molecule has 104 valence electrons. The quantitative estimate of drug-likeness (QED) is 0.649. The second-order valence-electron chi connectivity index (χ2n) is 4.58. The van der Waals surface area contributed by atoms with Gasteiger partial charge >= 0.3 is 0 Å². The van der Waals surface area contributed by atoms with Crippen LogP contribution in [0.5, 0.6) is 0 Å². The third kappa shape index (κ3) is 3.82. The fraction of sp³-hybridized carbons (Fsp3) is 0.188. The van der Waals surface area contributed by atoms with Crippen molar-refractivity contribution in [3.8, 4) is 0 Å². The Hall–Kier alpha value is -2.36. The standard InChI is InChI=1S/C16H17FN2O/c17-15-9-8-13(18)11-14(15)16(20)19-10-4-7-12-5-2-1-3-6-12/h1-3,5-6,8-9,11H,4,7,10,18H2,(H,19,20). The highest BCUT2D eigenvalue weighted by Crippen LogP contribution is 2.11. The van der Waals surface area contributed by atoms with E-state index in [1.165, 1.54) is 23.8 Å². The molecular weight excluding hydrogens is 255 g/mol. The van der Waals surface area contributed by atoms with Crippen molar-refractivity contribution >= 4 is 11.6 Å². The van der Waals surface area contributed by atoms with Crippen LogP contribution in [0.1, 0.15) is 22.3 Å². The molecule has 0 aliphatic rings. The third-order valence-corrected chi connectivity index (χ3v) is 3.01. The molecule has 0 unspecified atom stereocenters. The van der Waals surface area contributed by atoms with Gasteiger partial charge in [0.15, 0.2) is 0 Å². The molecule has 0 atom stereocenters. The number of hydrogen-bond donors (Lipinski definition) is 2. The van der Waals surface area contributed by atoms with Crippen molar-refractivity contribution in [2.75, 3.05) is 12.3 Å². The molecule has 0 aliphatic heterocycles. The molecule has 0 radical (unpaired) electrons. The second kappa shape index (κ2) is 6.70. The van der Waals surface area contributed by atoms with Crippen molar-refractivity contribution in [3.63, 3.8) is 0 Å². The molecule has 1 amide bonds. The normalized spacial score (nSPS) is 10.2. The molecule has 2 aromatic rings. The Kier molecular flexibility index (Phi) is 4.71. The van der Waals surface area contributed by atoms with E-state index in [9.17, 15) is 9.18 Å². The molecule has 3 N–H and O–H groups in total. The number of carbonyl (C=O) groups excluding carboxylic acids is 1. The summed E-state index contributed by atoms with van der Waals surface area (Å²) in [4.78, 5) is 11.8. The lowest BCUT2D eigenvalue weighted by Gasteiger charge is -2.07. The molecule has 2 rings (SSSR count). The van der Waals surface area contributed by atoms with E-state index in [1.807, 2.05) is 30.3 Å². The zero-order valence-corrected chi connectivity index (χ0v) is 11.1. The topological polar surface area (TPSA) is 55.1 Å². The predicted molar refractivity (Wildman–Crippen MR) is 77.9 cm³/mol. The average Bonchev–Trinajstić information content (AvgIpc) is 2.47. The van der Waals surface area contributed by atoms with Gasteiger partial charge in [-0.05, 0) is 36.6 Å². The van der Waals surface area contributed by atoms with Crippen LogP contribution < -0.4 is 11.1 Å². The van der Waals surface area contributed by atoms with E-state index in [0.29, 0.717) is 12.2 Å². The molecule has 0 aromatic heterocycles. The molecule has 0 spiro atoms. The number of anilines is 1. The van der Waals surface area contributed by atoms with Crippen molar-refractivity contribution in [2.24, 2.45) is 0 Å². The van der Waals surface area contributed by atoms with Crippen LogP contribution >= 0.6 is 0 Å². The van der Waals surface area contributed by atoms with E-state index in [4.69, 9.17) is 5.73 Å². The minimum Gasteiger partial charge on any atom is -0.399 e. The van der Waals surface area contributed by atoms with Gasteiger partial charge in [0.1, 0.15) is 5.82 Å². The highest BCUT2D eigenvalue weighted by Gasteiger charge is 2.11. The summed E-state index contributed by atoms with van der Waals surface area (Å²) in [5.41, 5.74) is 7.14. The number of aryl methyl sites for hydroxylation is 1. The van der Waals surface area contributed by atoms with Crippen molar-refractivity contribution < 1.29 is 9.18 Å². The van der Waals surface area contributed by atoms with Crippen LogP contribution in [0, 0.1) is 5.82 Å². The van der Waals surface area contributed by atoms with Crippen LogP contribution in [0.25, 0.3) is 0 Å². The summed E-state index contributed by atoms with van der Waals surface area (Å²) in [6, 6.07) is 14.0. The number of nitrogens with one attached hydrogen (secondary N) is 1. The minimum absolute atomic E-state index is 0.00953. The molecule has 0 saturated carbocycles. The maximum absolute atomic E-state index is 13.5. The number of rotatable bonds is 5. The van der Waals surface area contributed by atoms with Crippen LogP contribution in [0.3, 0.4) is 0 Å². The number of nitrogens with two attached hydrogens (primary N) is 1. The van der Waals surface area contributed by atoms with Crippen molar-refractivity contribution in [1.82, 2.24) is 5.32 Å². The number of halogens is 1. The molecule has 2 aromatic carbocycles. The second-order valence-corrected chi connectivity index (χ2v) is 4.58. The van der Waals surface area contributed by atoms with Crippen LogP contribution in [0.2, 0.25) is 0 Å². The molecule has 20 heavy (non-hydrogen) atoms. The predicted octanol–water partition coefficient (Wildman–Crippen LogP) is 2.77. The van der Waals surface area contributed by atoms with Gasteiger partial charge in [0, 0.05) is 12.2 Å². The van der Waals surface area contributed by atoms with Crippen LogP contribution in [0.4, 0.5) is 10.1 Å². The van der Waals surface area contributed by atoms with Gasteiger partial charge < -0.3 is 11.1 Å². The first-order chi connectivity index (χ1) is 9.66. The van der Waals surface area contributed by atoms with E-state index in [1.54, 1.807) is 0 Å². The molecule has 4 heteroatoms. The van der Waals surface area contributed by atoms with Crippen LogP contribution in [0.15, 0.2) is 48.5 Å². The maximum atomic E-state index is 13.5. The maximum Gasteiger partial charge on any atom is 0.254 e. The number of hydrogen-bond acceptors (Lipinski definition) is 2. The molecule has 3 nitrogen and oxygen atoms in total. The fourth-order valence-corrected chi connectivity index (χ4v) is 1.95. The Morgan fingerprint density at radius 1 is 1.15 bits per heavy atom. The monoisotopic (exact) mass is 272 g/mol. The highest BCUT2D eigenvalue weighted by molar-refractivity contribution is 5.95. The number of carbonyl (C=O) groups is 1. The lowest BCUT2D eigenvalue weighted by atomic mass is 10.1. The van der Waals surface area contributed by atoms with E-state index in [-0.39, 0.29) is 5.56 Å². The van der Waals surface area contributed by atoms with E-state index in [0.717, 1.165) is 12.8 Å². The Morgan fingerprint density at radius 2 is 1.90 bits per heavy atom. The van der Waals surface area contributed by atoms with Gasteiger partial charge in [0.05, 0.1) is 5.56 Å². The van der Waals surface area contributed by atoms with Crippen LogP contribution in [-0.2, 0) is 6.42 Å². The van der Waals surface area contributed by atoms with E-state index < -0.39 is 11.7 Å². The zero-order valence-electron chi connectivity index (χ0n) is 11.1. The van der Waals surface area contributed by atoms with Gasteiger partial charge in [-0.15, -0.1) is 0 Å². The Bertz CT molecular complexity index is 584. The highest BCUT2D eigenvalue weighted by atomic mass is 19.1. The summed E-state index contributed by atoms with van der Waals surface area (Å²) < 4.78 is 13.5. The first-order valence-corrected chi connectivity index (χ1v) is 6.54. The Labute approximate surface area is 117 Å². The average molecular weight is 272 g/mol. The largest absolute Gasteiger partial charge is 0.399 e. The number of amides is 1. The fourth-order valence-electron chi connectivity index (χ4n) is 1.95. The van der Waals surface area contributed by atoms with E-state index in [2.05, 4.69) is 5.32 Å². The zero-order chi connectivity index (χ0) is 14.4. The van der Waals surface area contributed by atoms with Gasteiger partial charge in [-0.2, -0.15) is 0 Å². The summed E-state index contributed by atoms with van der Waals surface area (Å²) in [6.45, 7) is 0.502. The molecule has 0 bridgehead atoms. The lowest BCUT2D eigenvalue weighted by molar-refractivity contribution is 0.0949. The van der Waals surface area contributed by atoms with E-state index >= 15 is 0 Å². The molecule has 0 heterocycles. The minimum atomic E-state index is -0.556.